The molecule has 1 aliphatic heterocycles. The fourth-order valence-electron chi connectivity index (χ4n) is 4.20. The number of hydrogen-bond donors (Lipinski definition) is 2. The summed E-state index contributed by atoms with van der Waals surface area (Å²) in [5.74, 6) is -0.725. The maximum absolute atomic E-state index is 13.3. The van der Waals surface area contributed by atoms with E-state index in [1.807, 2.05) is 13.8 Å². The van der Waals surface area contributed by atoms with Gasteiger partial charge in [0.05, 0.1) is 25.3 Å². The number of nitrogens with zero attached hydrogens (tertiary/aromatic N) is 1. The van der Waals surface area contributed by atoms with Gasteiger partial charge in [-0.1, -0.05) is 25.1 Å². The Balaban J connectivity index is 1.89. The van der Waals surface area contributed by atoms with Gasteiger partial charge in [-0.2, -0.15) is 0 Å². The van der Waals surface area contributed by atoms with Crippen molar-refractivity contribution in [2.24, 2.45) is 0 Å². The number of phenolic OH excluding ortho intramolecular Hbond substituents is 1. The standard InChI is InChI=1S/C28H27NO6/c1-4-13-35-23-12-11-19(14-17(23)2)26(31)24-25(18-7-5-9-21(30)15-18)29(28(33)27(24)32)20-8-6-10-22(16-20)34-3/h5-12,14-16,25,30-31H,4,13H2,1-3H3/b26-24+. The number of aryl methyl sites for hydroxylation is 1. The molecule has 2 N–H and O–H groups in total. The molecule has 0 saturated carbocycles. The zero-order valence-corrected chi connectivity index (χ0v) is 19.8. The average molecular weight is 474 g/mol. The van der Waals surface area contributed by atoms with Gasteiger partial charge in [0.2, 0.25) is 0 Å². The molecule has 1 unspecified atom stereocenters. The van der Waals surface area contributed by atoms with Gasteiger partial charge in [-0.25, -0.2) is 0 Å². The molecule has 4 rings (SSSR count). The highest BCUT2D eigenvalue weighted by Gasteiger charge is 2.47. The summed E-state index contributed by atoms with van der Waals surface area (Å²) >= 11 is 0. The molecule has 0 bridgehead atoms. The molecule has 0 radical (unpaired) electrons. The van der Waals surface area contributed by atoms with Gasteiger partial charge in [-0.05, 0) is 66.9 Å². The van der Waals surface area contributed by atoms with Gasteiger partial charge in [0.15, 0.2) is 0 Å². The third kappa shape index (κ3) is 4.57. The monoisotopic (exact) mass is 473 g/mol. The van der Waals surface area contributed by atoms with Crippen molar-refractivity contribution in [3.63, 3.8) is 0 Å². The van der Waals surface area contributed by atoms with E-state index in [-0.39, 0.29) is 17.1 Å². The number of benzene rings is 3. The minimum Gasteiger partial charge on any atom is -0.508 e. The minimum absolute atomic E-state index is 0.0213. The molecule has 1 aliphatic rings. The molecule has 3 aromatic rings. The summed E-state index contributed by atoms with van der Waals surface area (Å²) in [4.78, 5) is 27.9. The van der Waals surface area contributed by atoms with Crippen LogP contribution in [0.15, 0.2) is 72.3 Å². The van der Waals surface area contributed by atoms with E-state index < -0.39 is 17.7 Å². The summed E-state index contributed by atoms with van der Waals surface area (Å²) in [6.07, 6.45) is 0.860. The molecular weight excluding hydrogens is 446 g/mol. The van der Waals surface area contributed by atoms with Gasteiger partial charge >= 0.3 is 0 Å². The molecule has 1 fully saturated rings. The number of carbonyl (C=O) groups excluding carboxylic acids is 2. The first-order chi connectivity index (χ1) is 16.8. The zero-order chi connectivity index (χ0) is 25.1. The average Bonchev–Trinajstić information content (AvgIpc) is 3.13. The van der Waals surface area contributed by atoms with Gasteiger partial charge in [-0.15, -0.1) is 0 Å². The van der Waals surface area contributed by atoms with E-state index in [4.69, 9.17) is 9.47 Å². The van der Waals surface area contributed by atoms with Crippen LogP contribution >= 0.6 is 0 Å². The van der Waals surface area contributed by atoms with Crippen LogP contribution in [0.1, 0.15) is 36.1 Å². The van der Waals surface area contributed by atoms with Crippen LogP contribution in [-0.4, -0.2) is 35.6 Å². The van der Waals surface area contributed by atoms with Gasteiger partial charge < -0.3 is 19.7 Å². The Labute approximate surface area is 203 Å². The van der Waals surface area contributed by atoms with E-state index in [1.165, 1.54) is 24.1 Å². The molecule has 1 amide bonds. The zero-order valence-electron chi connectivity index (χ0n) is 19.8. The lowest BCUT2D eigenvalue weighted by molar-refractivity contribution is -0.132. The maximum Gasteiger partial charge on any atom is 0.300 e. The summed E-state index contributed by atoms with van der Waals surface area (Å²) in [7, 11) is 1.51. The number of Topliss-reactive ketones (excluding diaryl/α,β-unsaturated/α-hetero) is 1. The van der Waals surface area contributed by atoms with Crippen molar-refractivity contribution < 1.29 is 29.3 Å². The molecule has 7 heteroatoms. The summed E-state index contributed by atoms with van der Waals surface area (Å²) in [5.41, 5.74) is 2.02. The molecule has 0 aromatic heterocycles. The second-order valence-electron chi connectivity index (χ2n) is 8.29. The summed E-state index contributed by atoms with van der Waals surface area (Å²) in [6.45, 7) is 4.43. The topological polar surface area (TPSA) is 96.3 Å². The number of amides is 1. The molecule has 1 saturated heterocycles. The van der Waals surface area contributed by atoms with Crippen LogP contribution in [0.4, 0.5) is 5.69 Å². The van der Waals surface area contributed by atoms with Gasteiger partial charge in [-0.3, -0.25) is 14.5 Å². The van der Waals surface area contributed by atoms with Gasteiger partial charge in [0, 0.05) is 17.3 Å². The minimum atomic E-state index is -0.953. The number of anilines is 1. The smallest absolute Gasteiger partial charge is 0.300 e. The van der Waals surface area contributed by atoms with E-state index in [0.29, 0.717) is 34.9 Å². The van der Waals surface area contributed by atoms with Crippen LogP contribution in [0.25, 0.3) is 5.76 Å². The number of aromatic hydroxyl groups is 1. The van der Waals surface area contributed by atoms with E-state index >= 15 is 0 Å². The highest BCUT2D eigenvalue weighted by Crippen LogP contribution is 2.43. The second-order valence-corrected chi connectivity index (χ2v) is 8.29. The van der Waals surface area contributed by atoms with Crippen LogP contribution < -0.4 is 14.4 Å². The second kappa shape index (κ2) is 9.93. The van der Waals surface area contributed by atoms with Crippen LogP contribution in [0, 0.1) is 6.92 Å². The number of ether oxygens (including phenoxy) is 2. The number of hydrogen-bond acceptors (Lipinski definition) is 6. The van der Waals surface area contributed by atoms with Crippen molar-refractivity contribution in [1.29, 1.82) is 0 Å². The third-order valence-corrected chi connectivity index (χ3v) is 5.87. The number of aliphatic hydroxyl groups excluding tert-OH is 1. The summed E-state index contributed by atoms with van der Waals surface area (Å²) < 4.78 is 11.0. The fraction of sp³-hybridized carbons (Fsp3) is 0.214. The lowest BCUT2D eigenvalue weighted by Gasteiger charge is -2.26. The van der Waals surface area contributed by atoms with E-state index in [1.54, 1.807) is 54.6 Å². The number of ketones is 1. The number of rotatable bonds is 7. The molecule has 180 valence electrons. The molecular formula is C28H27NO6. The molecule has 35 heavy (non-hydrogen) atoms. The van der Waals surface area contributed by atoms with Crippen LogP contribution in [-0.2, 0) is 9.59 Å². The van der Waals surface area contributed by atoms with E-state index in [0.717, 1.165) is 12.0 Å². The van der Waals surface area contributed by atoms with Crippen LogP contribution in [0.5, 0.6) is 17.2 Å². The van der Waals surface area contributed by atoms with Crippen LogP contribution in [0.3, 0.4) is 0 Å². The Bertz CT molecular complexity index is 1310. The molecule has 0 aliphatic carbocycles. The predicted octanol–water partition coefficient (Wildman–Crippen LogP) is 5.12. The van der Waals surface area contributed by atoms with Crippen molar-refractivity contribution in [1.82, 2.24) is 0 Å². The van der Waals surface area contributed by atoms with Gasteiger partial charge in [0.25, 0.3) is 11.7 Å². The lowest BCUT2D eigenvalue weighted by Crippen LogP contribution is -2.29. The Morgan fingerprint density at radius 2 is 1.80 bits per heavy atom. The van der Waals surface area contributed by atoms with Gasteiger partial charge in [0.1, 0.15) is 23.0 Å². The molecule has 1 atom stereocenters. The number of methoxy groups -OCH3 is 1. The normalized spacial score (nSPS) is 17.0. The Morgan fingerprint density at radius 3 is 2.49 bits per heavy atom. The van der Waals surface area contributed by atoms with Crippen molar-refractivity contribution in [3.8, 4) is 17.2 Å². The van der Waals surface area contributed by atoms with Crippen molar-refractivity contribution >= 4 is 23.1 Å². The molecule has 3 aromatic carbocycles. The quantitative estimate of drug-likeness (QED) is 0.281. The highest BCUT2D eigenvalue weighted by atomic mass is 16.5. The first-order valence-electron chi connectivity index (χ1n) is 11.3. The van der Waals surface area contributed by atoms with E-state index in [9.17, 15) is 19.8 Å². The number of carbonyl (C=O) groups is 2. The number of aliphatic hydroxyl groups is 1. The van der Waals surface area contributed by atoms with Crippen LogP contribution in [0.2, 0.25) is 0 Å². The van der Waals surface area contributed by atoms with Crippen molar-refractivity contribution in [2.45, 2.75) is 26.3 Å². The fourth-order valence-corrected chi connectivity index (χ4v) is 4.20. The Hall–Kier alpha value is -4.26. The molecule has 0 spiro atoms. The lowest BCUT2D eigenvalue weighted by atomic mass is 9.94. The SMILES string of the molecule is CCCOc1ccc(/C(O)=C2\C(=O)C(=O)N(c3cccc(OC)c3)C2c2cccc(O)c2)cc1C. The number of phenols is 1. The predicted molar refractivity (Wildman–Crippen MR) is 133 cm³/mol. The first-order valence-corrected chi connectivity index (χ1v) is 11.3. The Kier molecular flexibility index (Phi) is 6.78. The van der Waals surface area contributed by atoms with Crippen molar-refractivity contribution in [2.75, 3.05) is 18.6 Å². The summed E-state index contributed by atoms with van der Waals surface area (Å²) in [6, 6.07) is 17.2. The maximum atomic E-state index is 13.3. The summed E-state index contributed by atoms with van der Waals surface area (Å²) in [5, 5.41) is 21.4. The van der Waals surface area contributed by atoms with Crippen molar-refractivity contribution in [3.05, 3.63) is 89.0 Å². The Morgan fingerprint density at radius 1 is 1.03 bits per heavy atom. The third-order valence-electron chi connectivity index (χ3n) is 5.87. The van der Waals surface area contributed by atoms with E-state index in [2.05, 4.69) is 0 Å². The molecule has 1 heterocycles. The largest absolute Gasteiger partial charge is 0.508 e. The first kappa shape index (κ1) is 23.9. The highest BCUT2D eigenvalue weighted by molar-refractivity contribution is 6.51. The molecule has 7 nitrogen and oxygen atoms in total.